The lowest BCUT2D eigenvalue weighted by Gasteiger charge is -2.24. The molecule has 0 aliphatic carbocycles. The number of hydrogen-bond acceptors (Lipinski definition) is 3. The summed E-state index contributed by atoms with van der Waals surface area (Å²) in [5.41, 5.74) is 5.29. The largest absolute Gasteiger partial charge is 0.329 e. The van der Waals surface area contributed by atoms with Crippen molar-refractivity contribution < 1.29 is 4.79 Å². The molecule has 1 heterocycles. The highest BCUT2D eigenvalue weighted by Crippen LogP contribution is 2.23. The first-order chi connectivity index (χ1) is 6.62. The minimum atomic E-state index is -0.343. The number of thiophene rings is 1. The highest BCUT2D eigenvalue weighted by Gasteiger charge is 2.29. The molecule has 1 aromatic rings. The second kappa shape index (κ2) is 4.71. The zero-order valence-corrected chi connectivity index (χ0v) is 9.56. The maximum Gasteiger partial charge on any atom is 0.145 e. The predicted molar refractivity (Wildman–Crippen MR) is 60.5 cm³/mol. The van der Waals surface area contributed by atoms with Crippen LogP contribution in [0.25, 0.3) is 0 Å². The molecule has 1 unspecified atom stereocenters. The zero-order chi connectivity index (χ0) is 10.6. The van der Waals surface area contributed by atoms with Gasteiger partial charge in [0.2, 0.25) is 0 Å². The van der Waals surface area contributed by atoms with Crippen LogP contribution in [0.3, 0.4) is 0 Å². The summed E-state index contributed by atoms with van der Waals surface area (Å²) in [6.07, 6.45) is 1.34. The molecule has 0 fully saturated rings. The van der Waals surface area contributed by atoms with E-state index in [-0.39, 0.29) is 11.2 Å². The molecule has 2 N–H and O–H groups in total. The number of ketones is 1. The minimum Gasteiger partial charge on any atom is -0.329 e. The number of hydrogen-bond donors (Lipinski definition) is 1. The standard InChI is InChI=1S/C11H17NOS/c1-3-11(2,8-12)10(13)7-9-5-4-6-14-9/h4-6H,3,7-8,12H2,1-2H3. The molecule has 3 heteroatoms. The maximum absolute atomic E-state index is 11.9. The van der Waals surface area contributed by atoms with Gasteiger partial charge in [0, 0.05) is 23.3 Å². The van der Waals surface area contributed by atoms with Gasteiger partial charge in [-0.15, -0.1) is 11.3 Å². The lowest BCUT2D eigenvalue weighted by Crippen LogP contribution is -2.36. The molecule has 0 spiro atoms. The SMILES string of the molecule is CCC(C)(CN)C(=O)Cc1cccs1. The molecule has 1 rings (SSSR count). The summed E-state index contributed by atoms with van der Waals surface area (Å²) in [4.78, 5) is 13.0. The third kappa shape index (κ3) is 2.42. The molecule has 0 radical (unpaired) electrons. The van der Waals surface area contributed by atoms with E-state index in [1.165, 1.54) is 0 Å². The van der Waals surface area contributed by atoms with Crippen molar-refractivity contribution in [3.8, 4) is 0 Å². The number of carbonyl (C=O) groups excluding carboxylic acids is 1. The molecule has 0 aromatic carbocycles. The van der Waals surface area contributed by atoms with Crippen LogP contribution < -0.4 is 5.73 Å². The van der Waals surface area contributed by atoms with E-state index < -0.39 is 0 Å². The highest BCUT2D eigenvalue weighted by molar-refractivity contribution is 7.10. The van der Waals surface area contributed by atoms with Crippen molar-refractivity contribution in [2.45, 2.75) is 26.7 Å². The van der Waals surface area contributed by atoms with Crippen LogP contribution in [-0.2, 0) is 11.2 Å². The molecule has 0 amide bonds. The van der Waals surface area contributed by atoms with Gasteiger partial charge in [-0.1, -0.05) is 19.9 Å². The Balaban J connectivity index is 2.66. The quantitative estimate of drug-likeness (QED) is 0.811. The van der Waals surface area contributed by atoms with Gasteiger partial charge in [0.1, 0.15) is 5.78 Å². The first kappa shape index (κ1) is 11.4. The number of Topliss-reactive ketones (excluding diaryl/α,β-unsaturated/α-hetero) is 1. The fraction of sp³-hybridized carbons (Fsp3) is 0.545. The van der Waals surface area contributed by atoms with E-state index in [0.717, 1.165) is 11.3 Å². The summed E-state index contributed by atoms with van der Waals surface area (Å²) >= 11 is 1.63. The number of carbonyl (C=O) groups is 1. The van der Waals surface area contributed by atoms with Crippen molar-refractivity contribution in [1.29, 1.82) is 0 Å². The molecular weight excluding hydrogens is 194 g/mol. The molecule has 14 heavy (non-hydrogen) atoms. The topological polar surface area (TPSA) is 43.1 Å². The Kier molecular flexibility index (Phi) is 3.84. The van der Waals surface area contributed by atoms with Crippen LogP contribution in [0.5, 0.6) is 0 Å². The van der Waals surface area contributed by atoms with Crippen LogP contribution in [0.2, 0.25) is 0 Å². The van der Waals surface area contributed by atoms with Crippen LogP contribution in [-0.4, -0.2) is 12.3 Å². The van der Waals surface area contributed by atoms with Crippen LogP contribution in [0, 0.1) is 5.41 Å². The molecule has 0 aliphatic rings. The van der Waals surface area contributed by atoms with Gasteiger partial charge in [-0.2, -0.15) is 0 Å². The second-order valence-corrected chi connectivity index (χ2v) is 4.83. The van der Waals surface area contributed by atoms with Gasteiger partial charge in [-0.05, 0) is 17.9 Å². The van der Waals surface area contributed by atoms with E-state index in [0.29, 0.717) is 13.0 Å². The van der Waals surface area contributed by atoms with E-state index >= 15 is 0 Å². The van der Waals surface area contributed by atoms with E-state index in [2.05, 4.69) is 0 Å². The Bertz CT molecular complexity index is 288. The van der Waals surface area contributed by atoms with E-state index in [4.69, 9.17) is 5.73 Å². The first-order valence-electron chi connectivity index (χ1n) is 4.88. The molecule has 0 saturated carbocycles. The fourth-order valence-electron chi connectivity index (χ4n) is 1.24. The summed E-state index contributed by atoms with van der Waals surface area (Å²) in [5.74, 6) is 0.255. The van der Waals surface area contributed by atoms with Crippen molar-refractivity contribution in [3.05, 3.63) is 22.4 Å². The molecule has 2 nitrogen and oxygen atoms in total. The fourth-order valence-corrected chi connectivity index (χ4v) is 1.94. The monoisotopic (exact) mass is 211 g/mol. The smallest absolute Gasteiger partial charge is 0.145 e. The molecule has 0 bridgehead atoms. The summed E-state index contributed by atoms with van der Waals surface area (Å²) < 4.78 is 0. The first-order valence-corrected chi connectivity index (χ1v) is 5.76. The summed E-state index contributed by atoms with van der Waals surface area (Å²) in [7, 11) is 0. The zero-order valence-electron chi connectivity index (χ0n) is 8.75. The van der Waals surface area contributed by atoms with Gasteiger partial charge < -0.3 is 5.73 Å². The normalized spacial score (nSPS) is 15.1. The number of nitrogens with two attached hydrogens (primary N) is 1. The Morgan fingerprint density at radius 1 is 1.64 bits per heavy atom. The summed E-state index contributed by atoms with van der Waals surface area (Å²) in [6, 6.07) is 3.97. The summed E-state index contributed by atoms with van der Waals surface area (Å²) in [6.45, 7) is 4.40. The van der Waals surface area contributed by atoms with Gasteiger partial charge in [-0.3, -0.25) is 4.79 Å². The highest BCUT2D eigenvalue weighted by atomic mass is 32.1. The van der Waals surface area contributed by atoms with Crippen molar-refractivity contribution in [2.24, 2.45) is 11.1 Å². The molecule has 1 aromatic heterocycles. The molecule has 78 valence electrons. The van der Waals surface area contributed by atoms with Crippen LogP contribution >= 0.6 is 11.3 Å². The van der Waals surface area contributed by atoms with Gasteiger partial charge in [-0.25, -0.2) is 0 Å². The Hall–Kier alpha value is -0.670. The van der Waals surface area contributed by atoms with Crippen molar-refractivity contribution in [1.82, 2.24) is 0 Å². The Morgan fingerprint density at radius 3 is 2.79 bits per heavy atom. The average molecular weight is 211 g/mol. The van der Waals surface area contributed by atoms with Gasteiger partial charge in [0.25, 0.3) is 0 Å². The lowest BCUT2D eigenvalue weighted by atomic mass is 9.81. The van der Waals surface area contributed by atoms with Gasteiger partial charge in [0.15, 0.2) is 0 Å². The van der Waals surface area contributed by atoms with Crippen LogP contribution in [0.1, 0.15) is 25.1 Å². The molecular formula is C11H17NOS. The second-order valence-electron chi connectivity index (χ2n) is 3.80. The van der Waals surface area contributed by atoms with Crippen molar-refractivity contribution >= 4 is 17.1 Å². The number of rotatable bonds is 5. The van der Waals surface area contributed by atoms with Gasteiger partial charge in [0.05, 0.1) is 0 Å². The van der Waals surface area contributed by atoms with Crippen LogP contribution in [0.4, 0.5) is 0 Å². The lowest BCUT2D eigenvalue weighted by molar-refractivity contribution is -0.126. The van der Waals surface area contributed by atoms with Gasteiger partial charge >= 0.3 is 0 Å². The van der Waals surface area contributed by atoms with Crippen molar-refractivity contribution in [3.63, 3.8) is 0 Å². The predicted octanol–water partition coefficient (Wildman–Crippen LogP) is 2.23. The van der Waals surface area contributed by atoms with E-state index in [1.54, 1.807) is 11.3 Å². The van der Waals surface area contributed by atoms with Crippen molar-refractivity contribution in [2.75, 3.05) is 6.54 Å². The average Bonchev–Trinajstić information content (AvgIpc) is 2.69. The third-order valence-corrected chi connectivity index (χ3v) is 3.70. The van der Waals surface area contributed by atoms with E-state index in [9.17, 15) is 4.79 Å². The maximum atomic E-state index is 11.9. The third-order valence-electron chi connectivity index (χ3n) is 2.82. The Labute approximate surface area is 89.1 Å². The molecule has 0 aliphatic heterocycles. The summed E-state index contributed by atoms with van der Waals surface area (Å²) in [5, 5.41) is 1.99. The van der Waals surface area contributed by atoms with E-state index in [1.807, 2.05) is 31.4 Å². The molecule has 1 atom stereocenters. The van der Waals surface area contributed by atoms with Crippen LogP contribution in [0.15, 0.2) is 17.5 Å². The minimum absolute atomic E-state index is 0.255. The Morgan fingerprint density at radius 2 is 2.36 bits per heavy atom. The molecule has 0 saturated heterocycles.